The fraction of sp³-hybridized carbons (Fsp3) is 0. The third-order valence-electron chi connectivity index (χ3n) is 1.81. The summed E-state index contributed by atoms with van der Waals surface area (Å²) >= 11 is 3.19. The van der Waals surface area contributed by atoms with Gasteiger partial charge in [-0.05, 0) is 40.8 Å². The van der Waals surface area contributed by atoms with Crippen LogP contribution in [0, 0.1) is 3.57 Å². The predicted molar refractivity (Wildman–Crippen MR) is 63.2 cm³/mol. The molecule has 0 aliphatic heterocycles. The molecule has 1 aromatic heterocycles. The molecule has 0 amide bonds. The lowest BCUT2D eigenvalue weighted by atomic mass is 10.2. The fourth-order valence-electron chi connectivity index (χ4n) is 1.19. The molecule has 3 nitrogen and oxygen atoms in total. The summed E-state index contributed by atoms with van der Waals surface area (Å²) in [7, 11) is 0. The monoisotopic (exact) mass is 320 g/mol. The van der Waals surface area contributed by atoms with Crippen molar-refractivity contribution in [2.75, 3.05) is 0 Å². The molecular weight excluding hydrogens is 315 g/mol. The van der Waals surface area contributed by atoms with Gasteiger partial charge in [-0.3, -0.25) is 0 Å². The molecule has 72 valence electrons. The molecule has 0 spiro atoms. The Morgan fingerprint density at radius 1 is 1.43 bits per heavy atom. The van der Waals surface area contributed by atoms with E-state index in [-0.39, 0.29) is 5.75 Å². The number of fused-ring (bicyclic) bond motifs is 1. The van der Waals surface area contributed by atoms with Gasteiger partial charge in [0.05, 0.1) is 0 Å². The maximum absolute atomic E-state index is 10.8. The van der Waals surface area contributed by atoms with E-state index in [2.05, 4.69) is 0 Å². The van der Waals surface area contributed by atoms with Gasteiger partial charge in [-0.2, -0.15) is 0 Å². The van der Waals surface area contributed by atoms with Crippen LogP contribution in [0.1, 0.15) is 9.67 Å². The first-order valence-electron chi connectivity index (χ1n) is 3.74. The summed E-state index contributed by atoms with van der Waals surface area (Å²) in [5.74, 6) is -0.762. The Balaban J connectivity index is 2.79. The van der Waals surface area contributed by atoms with Crippen LogP contribution in [-0.4, -0.2) is 16.2 Å². The number of thiophene rings is 1. The highest BCUT2D eigenvalue weighted by molar-refractivity contribution is 14.1. The molecule has 1 aromatic carbocycles. The SMILES string of the molecule is O=C(O)c1sc2cc(O)ccc2c1I. The van der Waals surface area contributed by atoms with Gasteiger partial charge in [-0.25, -0.2) is 4.79 Å². The normalized spacial score (nSPS) is 10.6. The Labute approximate surface area is 97.1 Å². The number of phenols is 1. The van der Waals surface area contributed by atoms with Crippen molar-refractivity contribution >= 4 is 50.0 Å². The van der Waals surface area contributed by atoms with Crippen molar-refractivity contribution in [2.45, 2.75) is 0 Å². The number of halogens is 1. The van der Waals surface area contributed by atoms with Crippen molar-refractivity contribution in [2.24, 2.45) is 0 Å². The Morgan fingerprint density at radius 2 is 2.14 bits per heavy atom. The van der Waals surface area contributed by atoms with E-state index in [1.54, 1.807) is 18.2 Å². The summed E-state index contributed by atoms with van der Waals surface area (Å²) in [6.45, 7) is 0. The van der Waals surface area contributed by atoms with Crippen molar-refractivity contribution in [1.82, 2.24) is 0 Å². The summed E-state index contributed by atoms with van der Waals surface area (Å²) in [5.41, 5.74) is 0. The molecule has 0 saturated heterocycles. The molecule has 5 heteroatoms. The van der Waals surface area contributed by atoms with E-state index in [0.717, 1.165) is 13.7 Å². The van der Waals surface area contributed by atoms with Crippen LogP contribution >= 0.6 is 33.9 Å². The average molecular weight is 320 g/mol. The largest absolute Gasteiger partial charge is 0.508 e. The number of aromatic hydroxyl groups is 1. The summed E-state index contributed by atoms with van der Waals surface area (Å²) in [6, 6.07) is 4.87. The first kappa shape index (κ1) is 9.72. The number of phenolic OH excluding ortho intramolecular Hbond substituents is 1. The lowest BCUT2D eigenvalue weighted by molar-refractivity contribution is 0.0701. The van der Waals surface area contributed by atoms with E-state index in [1.807, 2.05) is 22.6 Å². The smallest absolute Gasteiger partial charge is 0.347 e. The Morgan fingerprint density at radius 3 is 2.79 bits per heavy atom. The van der Waals surface area contributed by atoms with Gasteiger partial charge in [0.2, 0.25) is 0 Å². The van der Waals surface area contributed by atoms with Crippen LogP contribution in [0.5, 0.6) is 5.75 Å². The van der Waals surface area contributed by atoms with Crippen LogP contribution in [0.4, 0.5) is 0 Å². The van der Waals surface area contributed by atoms with Gasteiger partial charge < -0.3 is 10.2 Å². The standard InChI is InChI=1S/C9H5IO3S/c10-7-5-2-1-4(11)3-6(5)14-8(7)9(12)13/h1-3,11H,(H,12,13). The van der Waals surface area contributed by atoms with Crippen molar-refractivity contribution in [1.29, 1.82) is 0 Å². The van der Waals surface area contributed by atoms with Crippen molar-refractivity contribution < 1.29 is 15.0 Å². The number of benzene rings is 1. The average Bonchev–Trinajstić information content (AvgIpc) is 2.43. The van der Waals surface area contributed by atoms with Crippen molar-refractivity contribution in [3.05, 3.63) is 26.6 Å². The molecule has 0 bridgehead atoms. The first-order chi connectivity index (χ1) is 6.59. The van der Waals surface area contributed by atoms with Gasteiger partial charge >= 0.3 is 5.97 Å². The lowest BCUT2D eigenvalue weighted by Gasteiger charge is -1.91. The highest BCUT2D eigenvalue weighted by Crippen LogP contribution is 2.34. The van der Waals surface area contributed by atoms with E-state index < -0.39 is 5.97 Å². The van der Waals surface area contributed by atoms with E-state index in [1.165, 1.54) is 11.3 Å². The molecule has 0 atom stereocenters. The second kappa shape index (κ2) is 3.39. The van der Waals surface area contributed by atoms with Crippen LogP contribution in [-0.2, 0) is 0 Å². The number of hydrogen-bond acceptors (Lipinski definition) is 3. The molecule has 2 aromatic rings. The molecular formula is C9H5IO3S. The highest BCUT2D eigenvalue weighted by atomic mass is 127. The maximum atomic E-state index is 10.8. The minimum atomic E-state index is -0.921. The van der Waals surface area contributed by atoms with E-state index in [0.29, 0.717) is 4.88 Å². The van der Waals surface area contributed by atoms with Gasteiger partial charge in [-0.1, -0.05) is 0 Å². The van der Waals surface area contributed by atoms with Gasteiger partial charge in [0.25, 0.3) is 0 Å². The van der Waals surface area contributed by atoms with Crippen LogP contribution in [0.3, 0.4) is 0 Å². The number of aromatic carboxylic acids is 1. The number of carboxylic acids is 1. The number of carbonyl (C=O) groups is 1. The molecule has 0 aliphatic carbocycles. The van der Waals surface area contributed by atoms with E-state index in [4.69, 9.17) is 5.11 Å². The highest BCUT2D eigenvalue weighted by Gasteiger charge is 2.15. The zero-order valence-electron chi connectivity index (χ0n) is 6.82. The zero-order valence-corrected chi connectivity index (χ0v) is 9.79. The third-order valence-corrected chi connectivity index (χ3v) is 4.43. The molecule has 1 heterocycles. The Hall–Kier alpha value is -0.820. The van der Waals surface area contributed by atoms with Gasteiger partial charge in [0, 0.05) is 13.7 Å². The summed E-state index contributed by atoms with van der Waals surface area (Å²) in [4.78, 5) is 11.1. The van der Waals surface area contributed by atoms with Crippen LogP contribution < -0.4 is 0 Å². The minimum absolute atomic E-state index is 0.159. The molecule has 2 N–H and O–H groups in total. The maximum Gasteiger partial charge on any atom is 0.347 e. The number of hydrogen-bond donors (Lipinski definition) is 2. The second-order valence-corrected chi connectivity index (χ2v) is 4.86. The van der Waals surface area contributed by atoms with Crippen LogP contribution in [0.25, 0.3) is 10.1 Å². The topological polar surface area (TPSA) is 57.5 Å². The number of rotatable bonds is 1. The second-order valence-electron chi connectivity index (χ2n) is 2.73. The molecule has 0 saturated carbocycles. The van der Waals surface area contributed by atoms with Crippen LogP contribution in [0.2, 0.25) is 0 Å². The molecule has 2 rings (SSSR count). The summed E-state index contributed by atoms with van der Waals surface area (Å²) in [5, 5.41) is 19.0. The first-order valence-corrected chi connectivity index (χ1v) is 5.63. The van der Waals surface area contributed by atoms with E-state index >= 15 is 0 Å². The van der Waals surface area contributed by atoms with Crippen molar-refractivity contribution in [3.63, 3.8) is 0 Å². The molecule has 0 fully saturated rings. The van der Waals surface area contributed by atoms with Gasteiger partial charge in [0.1, 0.15) is 10.6 Å². The minimum Gasteiger partial charge on any atom is -0.508 e. The quantitative estimate of drug-likeness (QED) is 0.795. The molecule has 0 aliphatic rings. The number of carboxylic acid groups (broad SMARTS) is 1. The van der Waals surface area contributed by atoms with Crippen molar-refractivity contribution in [3.8, 4) is 5.75 Å². The van der Waals surface area contributed by atoms with Crippen LogP contribution in [0.15, 0.2) is 18.2 Å². The van der Waals surface area contributed by atoms with Gasteiger partial charge in [-0.15, -0.1) is 11.3 Å². The fourth-order valence-corrected chi connectivity index (χ4v) is 3.37. The van der Waals surface area contributed by atoms with E-state index in [9.17, 15) is 9.90 Å². The third kappa shape index (κ3) is 1.46. The molecule has 14 heavy (non-hydrogen) atoms. The Bertz CT molecular complexity index is 518. The summed E-state index contributed by atoms with van der Waals surface area (Å²) < 4.78 is 1.53. The summed E-state index contributed by atoms with van der Waals surface area (Å²) in [6.07, 6.45) is 0. The molecule has 0 radical (unpaired) electrons. The molecule has 0 unspecified atom stereocenters. The predicted octanol–water partition coefficient (Wildman–Crippen LogP) is 2.91. The van der Waals surface area contributed by atoms with Gasteiger partial charge in [0.15, 0.2) is 0 Å². The Kier molecular flexibility index (Phi) is 2.36. The zero-order chi connectivity index (χ0) is 10.3. The lowest BCUT2D eigenvalue weighted by Crippen LogP contribution is -1.93.